The highest BCUT2D eigenvalue weighted by molar-refractivity contribution is 5.78. The summed E-state index contributed by atoms with van der Waals surface area (Å²) in [5.41, 5.74) is 18.2. The predicted molar refractivity (Wildman–Crippen MR) is 77.5 cm³/mol. The van der Waals surface area contributed by atoms with Gasteiger partial charge in [0.05, 0.1) is 19.6 Å². The molecule has 0 rings (SSSR count). The van der Waals surface area contributed by atoms with Crippen LogP contribution in [0.1, 0.15) is 6.42 Å². The molecule has 0 aromatic carbocycles. The maximum atomic E-state index is 11.3. The second-order valence-electron chi connectivity index (χ2n) is 4.19. The number of nitrogens with one attached hydrogen (secondary N) is 3. The highest BCUT2D eigenvalue weighted by Crippen LogP contribution is 1.87. The number of nitrogens with zero attached hydrogens (tertiary/aromatic N) is 1. The minimum Gasteiger partial charge on any atom is -0.355 e. The number of carbonyl (C=O) groups excluding carboxylic acids is 3. The molecule has 0 bridgehead atoms. The summed E-state index contributed by atoms with van der Waals surface area (Å²) in [6.07, 6.45) is 0.613. The van der Waals surface area contributed by atoms with E-state index in [1.807, 2.05) is 0 Å². The molecule has 0 aromatic rings. The minimum atomic E-state index is -0.328. The number of nitrogens with two attached hydrogens (primary N) is 3. The van der Waals surface area contributed by atoms with Gasteiger partial charge >= 0.3 is 0 Å². The predicted octanol–water partition coefficient (Wildman–Crippen LogP) is -4.18. The van der Waals surface area contributed by atoms with E-state index in [0.29, 0.717) is 32.6 Å². The molecule has 0 fully saturated rings. The molecule has 0 atom stereocenters. The Morgan fingerprint density at radius 1 is 0.762 bits per heavy atom. The topological polar surface area (TPSA) is 169 Å². The smallest absolute Gasteiger partial charge is 0.248 e. The fourth-order valence-electron chi connectivity index (χ4n) is 1.42. The first kappa shape index (κ1) is 19.2. The van der Waals surface area contributed by atoms with Gasteiger partial charge in [-0.15, -0.1) is 0 Å². The normalized spacial score (nSPS) is 10.3. The van der Waals surface area contributed by atoms with E-state index in [2.05, 4.69) is 16.1 Å². The summed E-state index contributed by atoms with van der Waals surface area (Å²) in [6.45, 7) is 1.42. The van der Waals surface area contributed by atoms with Gasteiger partial charge in [0, 0.05) is 26.2 Å². The van der Waals surface area contributed by atoms with E-state index in [-0.39, 0.29) is 37.4 Å². The molecule has 0 aromatic heterocycles. The van der Waals surface area contributed by atoms with Crippen molar-refractivity contribution in [3.63, 3.8) is 0 Å². The molecule has 10 heteroatoms. The van der Waals surface area contributed by atoms with Gasteiger partial charge in [0.2, 0.25) is 17.7 Å². The monoisotopic (exact) mass is 303 g/mol. The Hall–Kier alpha value is -1.75. The van der Waals surface area contributed by atoms with E-state index in [0.717, 1.165) is 0 Å². The Bertz CT molecular complexity index is 338. The maximum Gasteiger partial charge on any atom is 0.248 e. The van der Waals surface area contributed by atoms with E-state index in [9.17, 15) is 14.4 Å². The molecule has 0 radical (unpaired) electrons. The van der Waals surface area contributed by atoms with Gasteiger partial charge in [0.25, 0.3) is 0 Å². The Morgan fingerprint density at radius 2 is 1.29 bits per heavy atom. The van der Waals surface area contributed by atoms with Crippen molar-refractivity contribution in [1.82, 2.24) is 21.1 Å². The van der Waals surface area contributed by atoms with Crippen LogP contribution in [-0.2, 0) is 14.4 Å². The molecule has 0 heterocycles. The highest BCUT2D eigenvalue weighted by atomic mass is 16.2. The van der Waals surface area contributed by atoms with E-state index >= 15 is 0 Å². The van der Waals surface area contributed by atoms with Gasteiger partial charge in [-0.3, -0.25) is 19.8 Å². The lowest BCUT2D eigenvalue weighted by Crippen LogP contribution is -2.49. The molecule has 0 unspecified atom stereocenters. The molecule has 3 amide bonds. The van der Waals surface area contributed by atoms with Crippen molar-refractivity contribution in [2.75, 3.05) is 45.8 Å². The average Bonchev–Trinajstić information content (AvgIpc) is 2.50. The van der Waals surface area contributed by atoms with Crippen molar-refractivity contribution in [2.45, 2.75) is 6.42 Å². The summed E-state index contributed by atoms with van der Waals surface area (Å²) in [7, 11) is 0. The lowest BCUT2D eigenvalue weighted by molar-refractivity contribution is -0.124. The van der Waals surface area contributed by atoms with Gasteiger partial charge in [-0.05, 0) is 6.42 Å². The number of rotatable bonds is 11. The van der Waals surface area contributed by atoms with Gasteiger partial charge in [0.15, 0.2) is 0 Å². The van der Waals surface area contributed by atoms with Crippen molar-refractivity contribution in [3.05, 3.63) is 0 Å². The number of hydrogen-bond acceptors (Lipinski definition) is 7. The number of hydrazine groups is 1. The standard InChI is InChI=1S/C11H25N7O3/c12-6-9(19)15-2-1-4-18(17-11(21)8-14)5-3-16-10(20)7-13/h1-8,12-14H2,(H,15,19)(H,16,20)(H,17,21). The summed E-state index contributed by atoms with van der Waals surface area (Å²) in [4.78, 5) is 33.3. The third kappa shape index (κ3) is 10.7. The fraction of sp³-hybridized carbons (Fsp3) is 0.727. The van der Waals surface area contributed by atoms with E-state index in [1.165, 1.54) is 0 Å². The molecule has 9 N–H and O–H groups in total. The molecule has 0 saturated heterocycles. The summed E-state index contributed by atoms with van der Waals surface area (Å²) < 4.78 is 0. The lowest BCUT2D eigenvalue weighted by Gasteiger charge is -2.23. The largest absolute Gasteiger partial charge is 0.355 e. The van der Waals surface area contributed by atoms with Crippen LogP contribution >= 0.6 is 0 Å². The van der Waals surface area contributed by atoms with Crippen molar-refractivity contribution in [1.29, 1.82) is 0 Å². The molecule has 0 aliphatic carbocycles. The second kappa shape index (κ2) is 12.0. The average molecular weight is 303 g/mol. The van der Waals surface area contributed by atoms with Gasteiger partial charge in [0.1, 0.15) is 0 Å². The van der Waals surface area contributed by atoms with Crippen LogP contribution in [0, 0.1) is 0 Å². The zero-order valence-electron chi connectivity index (χ0n) is 12.1. The quantitative estimate of drug-likeness (QED) is 0.166. The molecule has 10 nitrogen and oxygen atoms in total. The first-order valence-electron chi connectivity index (χ1n) is 6.71. The summed E-state index contributed by atoms with van der Waals surface area (Å²) in [6, 6.07) is 0. The van der Waals surface area contributed by atoms with Crippen LogP contribution in [0.25, 0.3) is 0 Å². The van der Waals surface area contributed by atoms with Crippen molar-refractivity contribution in [3.8, 4) is 0 Å². The van der Waals surface area contributed by atoms with Gasteiger partial charge < -0.3 is 27.8 Å². The van der Waals surface area contributed by atoms with Crippen LogP contribution in [0.5, 0.6) is 0 Å². The minimum absolute atomic E-state index is 0.0568. The third-order valence-corrected chi connectivity index (χ3v) is 2.47. The number of hydrogen-bond donors (Lipinski definition) is 6. The lowest BCUT2D eigenvalue weighted by atomic mass is 10.4. The third-order valence-electron chi connectivity index (χ3n) is 2.47. The van der Waals surface area contributed by atoms with Crippen LogP contribution in [0.15, 0.2) is 0 Å². The summed E-state index contributed by atoms with van der Waals surface area (Å²) in [5, 5.41) is 6.85. The van der Waals surface area contributed by atoms with Crippen molar-refractivity contribution >= 4 is 17.7 Å². The zero-order valence-corrected chi connectivity index (χ0v) is 12.1. The second-order valence-corrected chi connectivity index (χ2v) is 4.19. The molecule has 122 valence electrons. The molecule has 0 saturated carbocycles. The van der Waals surface area contributed by atoms with Crippen LogP contribution < -0.4 is 33.3 Å². The first-order valence-corrected chi connectivity index (χ1v) is 6.71. The van der Waals surface area contributed by atoms with Gasteiger partial charge in [-0.25, -0.2) is 5.01 Å². The SMILES string of the molecule is NCC(=O)NCCCN(CCNC(=O)CN)NC(=O)CN. The Labute approximate surface area is 123 Å². The Kier molecular flexibility index (Phi) is 11.0. The molecular weight excluding hydrogens is 278 g/mol. The van der Waals surface area contributed by atoms with Gasteiger partial charge in [-0.2, -0.15) is 0 Å². The fourth-order valence-corrected chi connectivity index (χ4v) is 1.42. The first-order chi connectivity index (χ1) is 10.0. The molecule has 0 spiro atoms. The Balaban J connectivity index is 4.04. The Morgan fingerprint density at radius 3 is 1.81 bits per heavy atom. The molecule has 0 aliphatic rings. The number of amides is 3. The van der Waals surface area contributed by atoms with Crippen molar-refractivity contribution < 1.29 is 14.4 Å². The molecule has 0 aliphatic heterocycles. The van der Waals surface area contributed by atoms with Crippen LogP contribution in [-0.4, -0.2) is 68.5 Å². The van der Waals surface area contributed by atoms with Crippen LogP contribution in [0.4, 0.5) is 0 Å². The summed E-state index contributed by atoms with van der Waals surface area (Å²) in [5.74, 6) is -0.829. The maximum absolute atomic E-state index is 11.3. The molecule has 21 heavy (non-hydrogen) atoms. The number of carbonyl (C=O) groups is 3. The van der Waals surface area contributed by atoms with Crippen LogP contribution in [0.2, 0.25) is 0 Å². The van der Waals surface area contributed by atoms with E-state index in [1.54, 1.807) is 5.01 Å². The molecular formula is C11H25N7O3. The van der Waals surface area contributed by atoms with E-state index < -0.39 is 0 Å². The van der Waals surface area contributed by atoms with Crippen LogP contribution in [0.3, 0.4) is 0 Å². The highest BCUT2D eigenvalue weighted by Gasteiger charge is 2.08. The van der Waals surface area contributed by atoms with Gasteiger partial charge in [-0.1, -0.05) is 0 Å². The summed E-state index contributed by atoms with van der Waals surface area (Å²) >= 11 is 0. The van der Waals surface area contributed by atoms with E-state index in [4.69, 9.17) is 17.2 Å². The zero-order chi connectivity index (χ0) is 16.1. The van der Waals surface area contributed by atoms with Crippen molar-refractivity contribution in [2.24, 2.45) is 17.2 Å².